The summed E-state index contributed by atoms with van der Waals surface area (Å²) in [7, 11) is 0. The van der Waals surface area contributed by atoms with Crippen LogP contribution in [0.15, 0.2) is 47.5 Å². The number of thiazole rings is 1. The molecule has 0 aliphatic heterocycles. The minimum Gasteiger partial charge on any atom is -0.302 e. The normalized spacial score (nSPS) is 10.7. The minimum absolute atomic E-state index is 0.136. The Morgan fingerprint density at radius 2 is 2.15 bits per heavy atom. The Balaban J connectivity index is 1.59. The molecule has 6 nitrogen and oxygen atoms in total. The monoisotopic (exact) mass is 419 g/mol. The standard InChI is InChI=1S/C18H18ClN5OS2/c1-3-9-24-15(4-2)22-23-18(24)27-11-16(25)21-17-20-14(10-26-17)12-5-7-13(19)8-6-12/h3,5-8,10H,1,4,9,11H2,2H3,(H,20,21,25). The van der Waals surface area contributed by atoms with Crippen LogP contribution >= 0.6 is 34.7 Å². The van der Waals surface area contributed by atoms with Gasteiger partial charge in [-0.25, -0.2) is 4.98 Å². The molecule has 0 bridgehead atoms. The Bertz CT molecular complexity index is 936. The number of hydrogen-bond acceptors (Lipinski definition) is 6. The summed E-state index contributed by atoms with van der Waals surface area (Å²) in [6.45, 7) is 6.40. The second-order valence-corrected chi connectivity index (χ2v) is 7.77. The van der Waals surface area contributed by atoms with Crippen molar-refractivity contribution in [3.63, 3.8) is 0 Å². The first-order valence-electron chi connectivity index (χ1n) is 8.27. The molecule has 2 aromatic heterocycles. The molecule has 0 aliphatic rings. The summed E-state index contributed by atoms with van der Waals surface area (Å²) in [5.74, 6) is 0.975. The van der Waals surface area contributed by atoms with Crippen LogP contribution in [0.4, 0.5) is 5.13 Å². The molecule has 9 heteroatoms. The van der Waals surface area contributed by atoms with Gasteiger partial charge in [0.2, 0.25) is 5.91 Å². The van der Waals surface area contributed by atoms with Crippen LogP contribution in [0.5, 0.6) is 0 Å². The number of carbonyl (C=O) groups excluding carboxylic acids is 1. The third kappa shape index (κ3) is 4.97. The molecule has 27 heavy (non-hydrogen) atoms. The molecule has 1 amide bonds. The van der Waals surface area contributed by atoms with E-state index in [1.807, 2.05) is 41.1 Å². The van der Waals surface area contributed by atoms with Crippen molar-refractivity contribution in [2.75, 3.05) is 11.1 Å². The van der Waals surface area contributed by atoms with E-state index in [2.05, 4.69) is 27.1 Å². The lowest BCUT2D eigenvalue weighted by Gasteiger charge is -2.06. The first-order valence-corrected chi connectivity index (χ1v) is 10.5. The van der Waals surface area contributed by atoms with E-state index in [9.17, 15) is 4.79 Å². The molecular weight excluding hydrogens is 402 g/mol. The lowest BCUT2D eigenvalue weighted by Crippen LogP contribution is -2.14. The summed E-state index contributed by atoms with van der Waals surface area (Å²) < 4.78 is 1.97. The van der Waals surface area contributed by atoms with Crippen LogP contribution in [-0.4, -0.2) is 31.4 Å². The molecule has 0 unspecified atom stereocenters. The highest BCUT2D eigenvalue weighted by Crippen LogP contribution is 2.26. The van der Waals surface area contributed by atoms with Gasteiger partial charge in [-0.15, -0.1) is 28.1 Å². The van der Waals surface area contributed by atoms with Crippen molar-refractivity contribution in [3.8, 4) is 11.3 Å². The maximum absolute atomic E-state index is 12.3. The lowest BCUT2D eigenvalue weighted by atomic mass is 10.2. The van der Waals surface area contributed by atoms with Gasteiger partial charge in [0.25, 0.3) is 0 Å². The third-order valence-electron chi connectivity index (χ3n) is 3.64. The van der Waals surface area contributed by atoms with E-state index in [1.165, 1.54) is 23.1 Å². The van der Waals surface area contributed by atoms with Crippen LogP contribution in [0.3, 0.4) is 0 Å². The van der Waals surface area contributed by atoms with Gasteiger partial charge in [0.05, 0.1) is 11.4 Å². The number of hydrogen-bond donors (Lipinski definition) is 1. The van der Waals surface area contributed by atoms with Gasteiger partial charge in [-0.05, 0) is 12.1 Å². The number of halogens is 1. The SMILES string of the molecule is C=CCn1c(CC)nnc1SCC(=O)Nc1nc(-c2ccc(Cl)cc2)cs1. The predicted octanol–water partition coefficient (Wildman–Crippen LogP) is 4.53. The molecule has 0 aliphatic carbocycles. The van der Waals surface area contributed by atoms with Crippen molar-refractivity contribution in [2.24, 2.45) is 0 Å². The van der Waals surface area contributed by atoms with Crippen molar-refractivity contribution in [1.82, 2.24) is 19.7 Å². The molecular formula is C18H18ClN5OS2. The van der Waals surface area contributed by atoms with Gasteiger partial charge in [-0.3, -0.25) is 4.79 Å². The number of amides is 1. The molecule has 3 rings (SSSR count). The maximum atomic E-state index is 12.3. The molecule has 1 aromatic carbocycles. The Morgan fingerprint density at radius 3 is 2.85 bits per heavy atom. The van der Waals surface area contributed by atoms with Gasteiger partial charge in [0, 0.05) is 28.9 Å². The van der Waals surface area contributed by atoms with Gasteiger partial charge in [0.1, 0.15) is 5.82 Å². The van der Waals surface area contributed by atoms with Crippen molar-refractivity contribution < 1.29 is 4.79 Å². The Labute approximate surface area is 170 Å². The summed E-state index contributed by atoms with van der Waals surface area (Å²) >= 11 is 8.64. The number of nitrogens with zero attached hydrogens (tertiary/aromatic N) is 4. The zero-order valence-corrected chi connectivity index (χ0v) is 17.1. The van der Waals surface area contributed by atoms with Crippen molar-refractivity contribution >= 4 is 45.7 Å². The first kappa shape index (κ1) is 19.6. The van der Waals surface area contributed by atoms with E-state index < -0.39 is 0 Å². The number of rotatable bonds is 8. The summed E-state index contributed by atoms with van der Waals surface area (Å²) in [4.78, 5) is 16.7. The van der Waals surface area contributed by atoms with Gasteiger partial charge < -0.3 is 9.88 Å². The number of anilines is 1. The molecule has 0 atom stereocenters. The van der Waals surface area contributed by atoms with Gasteiger partial charge in [-0.2, -0.15) is 0 Å². The second-order valence-electron chi connectivity index (χ2n) is 5.53. The Kier molecular flexibility index (Phi) is 6.65. The van der Waals surface area contributed by atoms with Gasteiger partial charge in [-0.1, -0.05) is 48.5 Å². The van der Waals surface area contributed by atoms with Crippen LogP contribution in [-0.2, 0) is 17.8 Å². The molecule has 140 valence electrons. The molecule has 1 N–H and O–H groups in total. The van der Waals surface area contributed by atoms with Crippen molar-refractivity contribution in [3.05, 3.63) is 53.1 Å². The Morgan fingerprint density at radius 1 is 1.37 bits per heavy atom. The molecule has 0 saturated carbocycles. The second kappa shape index (κ2) is 9.16. The fourth-order valence-corrected chi connectivity index (χ4v) is 4.00. The number of aryl methyl sites for hydroxylation is 1. The van der Waals surface area contributed by atoms with Crippen molar-refractivity contribution in [2.45, 2.75) is 25.0 Å². The number of thioether (sulfide) groups is 1. The van der Waals surface area contributed by atoms with E-state index in [0.717, 1.165) is 23.5 Å². The van der Waals surface area contributed by atoms with Crippen LogP contribution in [0.1, 0.15) is 12.7 Å². The average Bonchev–Trinajstić information content (AvgIpc) is 3.28. The quantitative estimate of drug-likeness (QED) is 0.428. The zero-order valence-electron chi connectivity index (χ0n) is 14.7. The smallest absolute Gasteiger partial charge is 0.236 e. The van der Waals surface area contributed by atoms with E-state index >= 15 is 0 Å². The minimum atomic E-state index is -0.136. The van der Waals surface area contributed by atoms with E-state index in [0.29, 0.717) is 21.9 Å². The number of aromatic nitrogens is 4. The van der Waals surface area contributed by atoms with Crippen LogP contribution in [0.2, 0.25) is 5.02 Å². The van der Waals surface area contributed by atoms with Crippen LogP contribution in [0, 0.1) is 0 Å². The summed E-state index contributed by atoms with van der Waals surface area (Å²) in [6.07, 6.45) is 2.57. The first-order chi connectivity index (χ1) is 13.1. The highest BCUT2D eigenvalue weighted by Gasteiger charge is 2.13. The fraction of sp³-hybridized carbons (Fsp3) is 0.222. The van der Waals surface area contributed by atoms with Crippen LogP contribution in [0.25, 0.3) is 11.3 Å². The van der Waals surface area contributed by atoms with E-state index in [1.54, 1.807) is 6.08 Å². The van der Waals surface area contributed by atoms with E-state index in [4.69, 9.17) is 11.6 Å². The number of allylic oxidation sites excluding steroid dienone is 1. The van der Waals surface area contributed by atoms with E-state index in [-0.39, 0.29) is 11.7 Å². The van der Waals surface area contributed by atoms with Crippen molar-refractivity contribution in [1.29, 1.82) is 0 Å². The molecule has 2 heterocycles. The largest absolute Gasteiger partial charge is 0.302 e. The third-order valence-corrected chi connectivity index (χ3v) is 5.62. The predicted molar refractivity (Wildman–Crippen MR) is 112 cm³/mol. The summed E-state index contributed by atoms with van der Waals surface area (Å²) in [5.41, 5.74) is 1.76. The highest BCUT2D eigenvalue weighted by molar-refractivity contribution is 7.99. The maximum Gasteiger partial charge on any atom is 0.236 e. The molecule has 0 fully saturated rings. The van der Waals surface area contributed by atoms with Gasteiger partial charge >= 0.3 is 0 Å². The lowest BCUT2D eigenvalue weighted by molar-refractivity contribution is -0.113. The molecule has 0 radical (unpaired) electrons. The number of carbonyl (C=O) groups is 1. The number of benzene rings is 1. The summed E-state index contributed by atoms with van der Waals surface area (Å²) in [5, 5.41) is 15.0. The fourth-order valence-electron chi connectivity index (χ4n) is 2.37. The average molecular weight is 420 g/mol. The zero-order chi connectivity index (χ0) is 19.2. The summed E-state index contributed by atoms with van der Waals surface area (Å²) in [6, 6.07) is 7.43. The molecule has 0 spiro atoms. The number of nitrogens with one attached hydrogen (secondary N) is 1. The van der Waals surface area contributed by atoms with Gasteiger partial charge in [0.15, 0.2) is 10.3 Å². The molecule has 0 saturated heterocycles. The highest BCUT2D eigenvalue weighted by atomic mass is 35.5. The topological polar surface area (TPSA) is 72.7 Å². The Hall–Kier alpha value is -2.16. The van der Waals surface area contributed by atoms with Crippen LogP contribution < -0.4 is 5.32 Å². The molecule has 3 aromatic rings.